The number of likely N-dealkylation sites (N-methyl/N-ethyl adjacent to an activating group) is 1. The summed E-state index contributed by atoms with van der Waals surface area (Å²) in [6.07, 6.45) is 1.78. The highest BCUT2D eigenvalue weighted by Crippen LogP contribution is 2.43. The summed E-state index contributed by atoms with van der Waals surface area (Å²) in [5.41, 5.74) is 6.56. The summed E-state index contributed by atoms with van der Waals surface area (Å²) >= 11 is 3.51. The van der Waals surface area contributed by atoms with Gasteiger partial charge in [-0.2, -0.15) is 0 Å². The van der Waals surface area contributed by atoms with E-state index in [0.717, 1.165) is 70.6 Å². The molecule has 0 radical (unpaired) electrons. The summed E-state index contributed by atoms with van der Waals surface area (Å²) < 4.78 is 0.915. The number of amides is 2. The second-order valence-corrected chi connectivity index (χ2v) is 9.60. The fourth-order valence-electron chi connectivity index (χ4n) is 4.89. The van der Waals surface area contributed by atoms with Crippen LogP contribution in [0.5, 0.6) is 0 Å². The van der Waals surface area contributed by atoms with Crippen LogP contribution in [0.2, 0.25) is 0 Å². The monoisotopic (exact) mass is 514 g/mol. The molecule has 7 nitrogen and oxygen atoms in total. The lowest BCUT2D eigenvalue weighted by Crippen LogP contribution is -2.40. The van der Waals surface area contributed by atoms with Crippen LogP contribution in [0.25, 0.3) is 11.1 Å². The highest BCUT2D eigenvalue weighted by molar-refractivity contribution is 9.10. The second kappa shape index (κ2) is 9.83. The van der Waals surface area contributed by atoms with E-state index in [1.807, 2.05) is 25.1 Å². The molecule has 8 heteroatoms. The molecule has 0 saturated carbocycles. The number of aromatic amines is 1. The van der Waals surface area contributed by atoms with Gasteiger partial charge in [-0.1, -0.05) is 29.8 Å². The molecule has 2 amide bonds. The Bertz CT molecular complexity index is 1120. The van der Waals surface area contributed by atoms with Crippen LogP contribution in [0.4, 0.5) is 5.69 Å². The number of nitrogens with one attached hydrogen (secondary N) is 3. The number of hydrogen-bond donors (Lipinski definition) is 4. The minimum Gasteiger partial charge on any atom is -0.390 e. The van der Waals surface area contributed by atoms with Gasteiger partial charge in [0.25, 0.3) is 11.8 Å². The van der Waals surface area contributed by atoms with Crippen LogP contribution in [-0.2, 0) is 11.2 Å². The van der Waals surface area contributed by atoms with Crippen molar-refractivity contribution in [2.45, 2.75) is 46.1 Å². The molecule has 0 spiro atoms. The van der Waals surface area contributed by atoms with Gasteiger partial charge in [-0.15, -0.1) is 0 Å². The first-order chi connectivity index (χ1) is 15.8. The Balaban J connectivity index is 1.62. The molecule has 0 bridgehead atoms. The van der Waals surface area contributed by atoms with E-state index in [9.17, 15) is 14.7 Å². The van der Waals surface area contributed by atoms with Crippen molar-refractivity contribution in [2.24, 2.45) is 0 Å². The quantitative estimate of drug-likeness (QED) is 0.423. The van der Waals surface area contributed by atoms with Gasteiger partial charge in [-0.25, -0.2) is 0 Å². The van der Waals surface area contributed by atoms with Crippen LogP contribution < -0.4 is 10.6 Å². The van der Waals surface area contributed by atoms with Crippen LogP contribution in [-0.4, -0.2) is 59.1 Å². The van der Waals surface area contributed by atoms with Gasteiger partial charge in [0.15, 0.2) is 0 Å². The van der Waals surface area contributed by atoms with Crippen molar-refractivity contribution >= 4 is 44.6 Å². The molecule has 2 aromatic rings. The van der Waals surface area contributed by atoms with E-state index in [-0.39, 0.29) is 18.4 Å². The molecule has 1 atom stereocenters. The molecule has 0 fully saturated rings. The predicted molar refractivity (Wildman–Crippen MR) is 134 cm³/mol. The highest BCUT2D eigenvalue weighted by Gasteiger charge is 2.33. The van der Waals surface area contributed by atoms with Crippen LogP contribution in [0.15, 0.2) is 22.7 Å². The van der Waals surface area contributed by atoms with Crippen LogP contribution in [0, 0.1) is 6.92 Å². The molecule has 1 aliphatic carbocycles. The SMILES string of the molecule is CCN(CC)CC(O)CNC(=O)c1c(C)[nH]c2c1CCCC2=C1C(=O)Nc2ccc(Br)cc21. The average Bonchev–Trinajstić information content (AvgIpc) is 3.30. The number of allylic oxidation sites excluding steroid dienone is 1. The Morgan fingerprint density at radius 3 is 2.76 bits per heavy atom. The fraction of sp³-hybridized carbons (Fsp3) is 0.440. The van der Waals surface area contributed by atoms with Gasteiger partial charge in [-0.05, 0) is 68.6 Å². The summed E-state index contributed by atoms with van der Waals surface area (Å²) in [4.78, 5) is 31.5. The zero-order valence-corrected chi connectivity index (χ0v) is 20.9. The van der Waals surface area contributed by atoms with Crippen molar-refractivity contribution in [3.05, 3.63) is 50.8 Å². The zero-order chi connectivity index (χ0) is 23.7. The fourth-order valence-corrected chi connectivity index (χ4v) is 5.25. The van der Waals surface area contributed by atoms with E-state index in [0.29, 0.717) is 17.7 Å². The Morgan fingerprint density at radius 2 is 2.03 bits per heavy atom. The summed E-state index contributed by atoms with van der Waals surface area (Å²) in [6.45, 7) is 8.44. The predicted octanol–water partition coefficient (Wildman–Crippen LogP) is 3.72. The first-order valence-corrected chi connectivity index (χ1v) is 12.4. The number of carbonyl (C=O) groups is 2. The Kier molecular flexibility index (Phi) is 7.07. The molecule has 1 aromatic carbocycles. The maximum Gasteiger partial charge on any atom is 0.256 e. The van der Waals surface area contributed by atoms with E-state index in [4.69, 9.17) is 0 Å². The van der Waals surface area contributed by atoms with Gasteiger partial charge in [0.05, 0.1) is 17.2 Å². The third kappa shape index (κ3) is 4.65. The number of carbonyl (C=O) groups excluding carboxylic acids is 2. The third-order valence-electron chi connectivity index (χ3n) is 6.56. The van der Waals surface area contributed by atoms with E-state index in [1.54, 1.807) is 0 Å². The van der Waals surface area contributed by atoms with Gasteiger partial charge in [0.1, 0.15) is 0 Å². The molecule has 33 heavy (non-hydrogen) atoms. The third-order valence-corrected chi connectivity index (χ3v) is 7.06. The lowest BCUT2D eigenvalue weighted by Gasteiger charge is -2.22. The number of aliphatic hydroxyl groups is 1. The molecule has 1 aromatic heterocycles. The number of H-pyrrole nitrogens is 1. The number of halogens is 1. The molecule has 1 unspecified atom stereocenters. The van der Waals surface area contributed by atoms with Crippen molar-refractivity contribution in [3.63, 3.8) is 0 Å². The molecule has 2 aliphatic rings. The molecule has 0 saturated heterocycles. The second-order valence-electron chi connectivity index (χ2n) is 8.68. The number of rotatable bonds is 7. The van der Waals surface area contributed by atoms with Crippen molar-refractivity contribution in [1.82, 2.24) is 15.2 Å². The maximum atomic E-state index is 13.1. The normalized spacial score (nSPS) is 18.2. The smallest absolute Gasteiger partial charge is 0.256 e. The lowest BCUT2D eigenvalue weighted by atomic mass is 9.86. The van der Waals surface area contributed by atoms with E-state index in [2.05, 4.69) is 50.3 Å². The topological polar surface area (TPSA) is 97.5 Å². The van der Waals surface area contributed by atoms with Crippen molar-refractivity contribution in [1.29, 1.82) is 0 Å². The molecule has 4 N–H and O–H groups in total. The molecule has 1 aliphatic heterocycles. The maximum absolute atomic E-state index is 13.1. The number of aryl methyl sites for hydroxylation is 1. The van der Waals surface area contributed by atoms with Crippen LogP contribution in [0.3, 0.4) is 0 Å². The number of fused-ring (bicyclic) bond motifs is 2. The van der Waals surface area contributed by atoms with E-state index >= 15 is 0 Å². The Labute approximate surface area is 202 Å². The first-order valence-electron chi connectivity index (χ1n) is 11.6. The zero-order valence-electron chi connectivity index (χ0n) is 19.3. The molecule has 176 valence electrons. The highest BCUT2D eigenvalue weighted by atomic mass is 79.9. The number of hydrogen-bond acceptors (Lipinski definition) is 4. The average molecular weight is 515 g/mol. The summed E-state index contributed by atoms with van der Waals surface area (Å²) in [5.74, 6) is -0.294. The standard InChI is InChI=1S/C25H31BrN4O3/c1-4-30(5-2)13-16(31)12-27-24(32)21-14(3)28-23-17(21)7-6-8-18(23)22-19-11-15(26)9-10-20(19)29-25(22)33/h9-11,16,28,31H,4-8,12-13H2,1-3H3,(H,27,32)(H,29,33). The Morgan fingerprint density at radius 1 is 1.27 bits per heavy atom. The molecular weight excluding hydrogens is 484 g/mol. The largest absolute Gasteiger partial charge is 0.390 e. The van der Waals surface area contributed by atoms with Crippen molar-refractivity contribution in [3.8, 4) is 0 Å². The minimum atomic E-state index is -0.626. The molecule has 4 rings (SSSR count). The van der Waals surface area contributed by atoms with Crippen molar-refractivity contribution in [2.75, 3.05) is 31.5 Å². The molecular formula is C25H31BrN4O3. The van der Waals surface area contributed by atoms with Gasteiger partial charge >= 0.3 is 0 Å². The van der Waals surface area contributed by atoms with E-state index < -0.39 is 6.10 Å². The minimum absolute atomic E-state index is 0.108. The van der Waals surface area contributed by atoms with Gasteiger partial charge in [-0.3, -0.25) is 9.59 Å². The first kappa shape index (κ1) is 23.7. The number of anilines is 1. The summed E-state index contributed by atoms with van der Waals surface area (Å²) in [7, 11) is 0. The van der Waals surface area contributed by atoms with Gasteiger partial charge < -0.3 is 25.6 Å². The number of benzene rings is 1. The number of aliphatic hydroxyl groups excluding tert-OH is 1. The van der Waals surface area contributed by atoms with Crippen LogP contribution in [0.1, 0.15) is 59.6 Å². The van der Waals surface area contributed by atoms with Gasteiger partial charge in [0.2, 0.25) is 0 Å². The summed E-state index contributed by atoms with van der Waals surface area (Å²) in [5, 5.41) is 16.2. The van der Waals surface area contributed by atoms with Gasteiger partial charge in [0, 0.05) is 40.2 Å². The summed E-state index contributed by atoms with van der Waals surface area (Å²) in [6, 6.07) is 5.77. The number of aromatic nitrogens is 1. The Hall–Kier alpha value is -2.42. The van der Waals surface area contributed by atoms with Crippen LogP contribution >= 0.6 is 15.9 Å². The van der Waals surface area contributed by atoms with Crippen molar-refractivity contribution < 1.29 is 14.7 Å². The van der Waals surface area contributed by atoms with E-state index in [1.165, 1.54) is 0 Å². The lowest BCUT2D eigenvalue weighted by molar-refractivity contribution is -0.110. The number of nitrogens with zero attached hydrogens (tertiary/aromatic N) is 1. The molecule has 2 heterocycles.